The summed E-state index contributed by atoms with van der Waals surface area (Å²) < 4.78 is 4.39. The zero-order chi connectivity index (χ0) is 8.85. The van der Waals surface area contributed by atoms with E-state index in [0.717, 1.165) is 0 Å². The molecule has 0 aromatic carbocycles. The van der Waals surface area contributed by atoms with E-state index in [2.05, 4.69) is 4.74 Å². The first kappa shape index (κ1) is 9.94. The molecule has 0 atom stereocenters. The minimum atomic E-state index is -0.397. The second-order valence-corrected chi connectivity index (χ2v) is 2.45. The lowest BCUT2D eigenvalue weighted by Gasteiger charge is -2.19. The number of rotatable bonds is 4. The number of methoxy groups -OCH3 is 1. The third kappa shape index (κ3) is 3.60. The molecule has 0 aliphatic rings. The Hall–Kier alpha value is -1.06. The molecule has 0 saturated carbocycles. The van der Waals surface area contributed by atoms with Crippen LogP contribution in [0.25, 0.3) is 0 Å². The molecule has 0 rings (SSSR count). The van der Waals surface area contributed by atoms with Crippen molar-refractivity contribution >= 4 is 12.4 Å². The molecule has 0 fully saturated rings. The maximum atomic E-state index is 10.7. The number of hydrogen-bond acceptors (Lipinski definition) is 3. The van der Waals surface area contributed by atoms with Crippen LogP contribution in [0.4, 0.5) is 0 Å². The molecular weight excluding hydrogens is 146 g/mol. The zero-order valence-corrected chi connectivity index (χ0v) is 7.03. The van der Waals surface area contributed by atoms with E-state index < -0.39 is 5.97 Å². The van der Waals surface area contributed by atoms with Gasteiger partial charge in [-0.2, -0.15) is 0 Å². The van der Waals surface area contributed by atoms with Crippen molar-refractivity contribution in [1.82, 2.24) is 4.90 Å². The predicted molar refractivity (Wildman–Crippen MR) is 39.9 cm³/mol. The molecule has 0 heterocycles. The van der Waals surface area contributed by atoms with Crippen LogP contribution in [0.15, 0.2) is 0 Å². The van der Waals surface area contributed by atoms with Gasteiger partial charge in [-0.1, -0.05) is 0 Å². The summed E-state index contributed by atoms with van der Waals surface area (Å²) in [6, 6.07) is 0.0339. The van der Waals surface area contributed by atoms with Crippen LogP contribution in [0.1, 0.15) is 13.8 Å². The van der Waals surface area contributed by atoms with Crippen molar-refractivity contribution in [1.29, 1.82) is 0 Å². The fourth-order valence-electron chi connectivity index (χ4n) is 0.555. The lowest BCUT2D eigenvalue weighted by molar-refractivity contribution is -0.144. The number of hydrogen-bond donors (Lipinski definition) is 0. The average molecular weight is 159 g/mol. The highest BCUT2D eigenvalue weighted by Crippen LogP contribution is 1.93. The second-order valence-electron chi connectivity index (χ2n) is 2.45. The number of amides is 1. The van der Waals surface area contributed by atoms with Crippen LogP contribution in [0.5, 0.6) is 0 Å². The summed E-state index contributed by atoms with van der Waals surface area (Å²) >= 11 is 0. The predicted octanol–water partition coefficient (Wildman–Crippen LogP) is 0.0262. The molecule has 4 heteroatoms. The summed E-state index contributed by atoms with van der Waals surface area (Å²) in [7, 11) is 1.30. The molecule has 0 radical (unpaired) electrons. The summed E-state index contributed by atoms with van der Waals surface area (Å²) in [6.07, 6.45) is 0.640. The van der Waals surface area contributed by atoms with Crippen molar-refractivity contribution in [3.63, 3.8) is 0 Å². The highest BCUT2D eigenvalue weighted by molar-refractivity contribution is 5.74. The topological polar surface area (TPSA) is 46.6 Å². The Morgan fingerprint density at radius 2 is 2.18 bits per heavy atom. The monoisotopic (exact) mass is 159 g/mol. The lowest BCUT2D eigenvalue weighted by Crippen LogP contribution is -2.34. The smallest absolute Gasteiger partial charge is 0.325 e. The minimum absolute atomic E-state index is 0.0255. The first-order chi connectivity index (χ1) is 5.11. The highest BCUT2D eigenvalue weighted by Gasteiger charge is 2.10. The van der Waals surface area contributed by atoms with Crippen LogP contribution >= 0.6 is 0 Å². The number of ether oxygens (including phenoxy) is 1. The van der Waals surface area contributed by atoms with Gasteiger partial charge in [0.2, 0.25) is 6.41 Å². The van der Waals surface area contributed by atoms with E-state index in [4.69, 9.17) is 0 Å². The van der Waals surface area contributed by atoms with Gasteiger partial charge >= 0.3 is 5.97 Å². The molecule has 0 spiro atoms. The Bertz CT molecular complexity index is 145. The lowest BCUT2D eigenvalue weighted by atomic mass is 10.3. The summed E-state index contributed by atoms with van der Waals surface area (Å²) in [4.78, 5) is 22.3. The number of nitrogens with zero attached hydrogens (tertiary/aromatic N) is 1. The molecule has 0 unspecified atom stereocenters. The molecule has 0 aromatic rings. The molecule has 0 aromatic heterocycles. The number of carbonyl (C=O) groups is 2. The van der Waals surface area contributed by atoms with Gasteiger partial charge in [-0.15, -0.1) is 0 Å². The van der Waals surface area contributed by atoms with Gasteiger partial charge in [-0.25, -0.2) is 0 Å². The normalized spacial score (nSPS) is 9.45. The molecule has 4 nitrogen and oxygen atoms in total. The van der Waals surface area contributed by atoms with E-state index in [1.54, 1.807) is 0 Å². The fourth-order valence-corrected chi connectivity index (χ4v) is 0.555. The maximum absolute atomic E-state index is 10.7. The van der Waals surface area contributed by atoms with Gasteiger partial charge < -0.3 is 9.64 Å². The van der Waals surface area contributed by atoms with Crippen LogP contribution < -0.4 is 0 Å². The Morgan fingerprint density at radius 1 is 1.64 bits per heavy atom. The highest BCUT2D eigenvalue weighted by atomic mass is 16.5. The van der Waals surface area contributed by atoms with Crippen LogP contribution in [0.3, 0.4) is 0 Å². The van der Waals surface area contributed by atoms with Crippen molar-refractivity contribution in [2.45, 2.75) is 19.9 Å². The van der Waals surface area contributed by atoms with Gasteiger partial charge in [0.1, 0.15) is 6.54 Å². The minimum Gasteiger partial charge on any atom is -0.468 e. The maximum Gasteiger partial charge on any atom is 0.325 e. The molecule has 11 heavy (non-hydrogen) atoms. The molecule has 1 amide bonds. The second kappa shape index (κ2) is 4.71. The van der Waals surface area contributed by atoms with Crippen molar-refractivity contribution in [3.8, 4) is 0 Å². The summed E-state index contributed by atoms with van der Waals surface area (Å²) in [6.45, 7) is 3.69. The van der Waals surface area contributed by atoms with Crippen molar-refractivity contribution in [2.24, 2.45) is 0 Å². The van der Waals surface area contributed by atoms with E-state index >= 15 is 0 Å². The Labute approximate surface area is 66.1 Å². The zero-order valence-electron chi connectivity index (χ0n) is 7.03. The van der Waals surface area contributed by atoms with Gasteiger partial charge in [0.25, 0.3) is 0 Å². The first-order valence-electron chi connectivity index (χ1n) is 3.39. The summed E-state index contributed by atoms with van der Waals surface area (Å²) in [5.74, 6) is -0.397. The average Bonchev–Trinajstić information content (AvgIpc) is 1.99. The van der Waals surface area contributed by atoms with Gasteiger partial charge in [0.05, 0.1) is 7.11 Å². The van der Waals surface area contributed by atoms with E-state index in [-0.39, 0.29) is 12.6 Å². The SMILES string of the molecule is COC(=O)CN(C=O)C(C)C. The number of carbonyl (C=O) groups excluding carboxylic acids is 2. The molecule has 0 aliphatic carbocycles. The molecular formula is C7H13NO3. The third-order valence-corrected chi connectivity index (χ3v) is 1.34. The molecule has 0 aliphatic heterocycles. The Balaban J connectivity index is 3.87. The van der Waals surface area contributed by atoms with Gasteiger partial charge in [-0.3, -0.25) is 9.59 Å². The molecule has 0 N–H and O–H groups in total. The van der Waals surface area contributed by atoms with E-state index in [9.17, 15) is 9.59 Å². The van der Waals surface area contributed by atoms with E-state index in [1.807, 2.05) is 13.8 Å². The van der Waals surface area contributed by atoms with Crippen LogP contribution in [-0.2, 0) is 14.3 Å². The summed E-state index contributed by atoms with van der Waals surface area (Å²) in [5.41, 5.74) is 0. The molecule has 0 bridgehead atoms. The van der Waals surface area contributed by atoms with Gasteiger partial charge in [-0.05, 0) is 13.8 Å². The van der Waals surface area contributed by atoms with Crippen molar-refractivity contribution in [2.75, 3.05) is 13.7 Å². The number of esters is 1. The van der Waals surface area contributed by atoms with E-state index in [1.165, 1.54) is 12.0 Å². The Morgan fingerprint density at radius 3 is 2.45 bits per heavy atom. The largest absolute Gasteiger partial charge is 0.468 e. The molecule has 64 valence electrons. The fraction of sp³-hybridized carbons (Fsp3) is 0.714. The van der Waals surface area contributed by atoms with Crippen LogP contribution in [0.2, 0.25) is 0 Å². The first-order valence-corrected chi connectivity index (χ1v) is 3.39. The standard InChI is InChI=1S/C7H13NO3/c1-6(2)8(5-9)4-7(10)11-3/h5-6H,4H2,1-3H3. The Kier molecular flexibility index (Phi) is 4.26. The van der Waals surface area contributed by atoms with Crippen molar-refractivity contribution < 1.29 is 14.3 Å². The van der Waals surface area contributed by atoms with Crippen LogP contribution in [0, 0.1) is 0 Å². The van der Waals surface area contributed by atoms with Crippen molar-refractivity contribution in [3.05, 3.63) is 0 Å². The van der Waals surface area contributed by atoms with Gasteiger partial charge in [0, 0.05) is 6.04 Å². The third-order valence-electron chi connectivity index (χ3n) is 1.34. The summed E-state index contributed by atoms with van der Waals surface area (Å²) in [5, 5.41) is 0. The quantitative estimate of drug-likeness (QED) is 0.429. The van der Waals surface area contributed by atoms with Crippen LogP contribution in [-0.4, -0.2) is 37.0 Å². The van der Waals surface area contributed by atoms with Gasteiger partial charge in [0.15, 0.2) is 0 Å². The van der Waals surface area contributed by atoms with E-state index in [0.29, 0.717) is 6.41 Å². The molecule has 0 saturated heterocycles.